The van der Waals surface area contributed by atoms with E-state index in [9.17, 15) is 14.4 Å². The molecule has 1 rings (SSSR count). The SMILES string of the molecule is NC(=O)Nc1ccc(C(=O)N[C@@H](CO)C(=O)O)cc1. The number of rotatable bonds is 5. The Hall–Kier alpha value is -2.61. The number of primary amides is 1. The number of urea groups is 1. The molecule has 6 N–H and O–H groups in total. The highest BCUT2D eigenvalue weighted by Crippen LogP contribution is 2.09. The van der Waals surface area contributed by atoms with Crippen LogP contribution >= 0.6 is 0 Å². The van der Waals surface area contributed by atoms with Crippen molar-refractivity contribution in [3.8, 4) is 0 Å². The third-order valence-electron chi connectivity index (χ3n) is 2.20. The second-order valence-electron chi connectivity index (χ2n) is 3.61. The van der Waals surface area contributed by atoms with Crippen LogP contribution in [0.4, 0.5) is 10.5 Å². The van der Waals surface area contributed by atoms with Gasteiger partial charge in [0.25, 0.3) is 5.91 Å². The molecule has 1 atom stereocenters. The van der Waals surface area contributed by atoms with Crippen LogP contribution in [0.2, 0.25) is 0 Å². The van der Waals surface area contributed by atoms with Gasteiger partial charge in [0.15, 0.2) is 6.04 Å². The normalized spacial score (nSPS) is 11.4. The first-order valence-corrected chi connectivity index (χ1v) is 5.25. The number of benzene rings is 1. The number of carboxylic acids is 1. The number of hydrogen-bond donors (Lipinski definition) is 5. The highest BCUT2D eigenvalue weighted by atomic mass is 16.4. The minimum absolute atomic E-state index is 0.190. The Balaban J connectivity index is 2.72. The number of hydrogen-bond acceptors (Lipinski definition) is 4. The van der Waals surface area contributed by atoms with Crippen molar-refractivity contribution in [1.29, 1.82) is 0 Å². The van der Waals surface area contributed by atoms with Gasteiger partial charge in [0.1, 0.15) is 0 Å². The Morgan fingerprint density at radius 1 is 1.21 bits per heavy atom. The van der Waals surface area contributed by atoms with E-state index in [-0.39, 0.29) is 5.56 Å². The summed E-state index contributed by atoms with van der Waals surface area (Å²) in [5, 5.41) is 21.9. The number of nitrogens with two attached hydrogens (primary N) is 1. The van der Waals surface area contributed by atoms with E-state index in [1.165, 1.54) is 24.3 Å². The largest absolute Gasteiger partial charge is 0.480 e. The van der Waals surface area contributed by atoms with Gasteiger partial charge >= 0.3 is 12.0 Å². The van der Waals surface area contributed by atoms with E-state index >= 15 is 0 Å². The van der Waals surface area contributed by atoms with Crippen LogP contribution in [0.5, 0.6) is 0 Å². The first-order valence-electron chi connectivity index (χ1n) is 5.25. The van der Waals surface area contributed by atoms with Crippen LogP contribution in [0.1, 0.15) is 10.4 Å². The van der Waals surface area contributed by atoms with Gasteiger partial charge in [-0.25, -0.2) is 9.59 Å². The van der Waals surface area contributed by atoms with Crippen LogP contribution in [-0.2, 0) is 4.79 Å². The van der Waals surface area contributed by atoms with Gasteiger partial charge in [-0.2, -0.15) is 0 Å². The molecule has 8 heteroatoms. The maximum Gasteiger partial charge on any atom is 0.328 e. The lowest BCUT2D eigenvalue weighted by molar-refractivity contribution is -0.140. The van der Waals surface area contributed by atoms with Crippen LogP contribution in [0.15, 0.2) is 24.3 Å². The summed E-state index contributed by atoms with van der Waals surface area (Å²) in [6.45, 7) is -0.706. The highest BCUT2D eigenvalue weighted by molar-refractivity contribution is 5.97. The molecule has 0 aromatic heterocycles. The van der Waals surface area contributed by atoms with Gasteiger partial charge in [-0.3, -0.25) is 4.79 Å². The van der Waals surface area contributed by atoms with E-state index in [4.69, 9.17) is 15.9 Å². The first kappa shape index (κ1) is 14.5. The lowest BCUT2D eigenvalue weighted by Crippen LogP contribution is -2.43. The zero-order valence-electron chi connectivity index (χ0n) is 9.79. The first-order chi connectivity index (χ1) is 8.93. The lowest BCUT2D eigenvalue weighted by Gasteiger charge is -2.11. The molecule has 8 nitrogen and oxygen atoms in total. The molecule has 0 saturated carbocycles. The van der Waals surface area contributed by atoms with Gasteiger partial charge in [0, 0.05) is 11.3 Å². The van der Waals surface area contributed by atoms with Gasteiger partial charge in [0.05, 0.1) is 6.61 Å². The predicted molar refractivity (Wildman–Crippen MR) is 65.6 cm³/mol. The average molecular weight is 267 g/mol. The van der Waals surface area contributed by atoms with Crippen LogP contribution in [0.25, 0.3) is 0 Å². The molecule has 0 spiro atoms. The van der Waals surface area contributed by atoms with Crippen molar-refractivity contribution in [3.63, 3.8) is 0 Å². The van der Waals surface area contributed by atoms with Gasteiger partial charge in [-0.05, 0) is 24.3 Å². The molecule has 19 heavy (non-hydrogen) atoms. The van der Waals surface area contributed by atoms with Crippen LogP contribution in [-0.4, -0.2) is 40.8 Å². The molecule has 0 heterocycles. The molecule has 102 valence electrons. The van der Waals surface area contributed by atoms with Crippen LogP contribution in [0.3, 0.4) is 0 Å². The van der Waals surface area contributed by atoms with Gasteiger partial charge in [0.2, 0.25) is 0 Å². The minimum atomic E-state index is -1.36. The zero-order chi connectivity index (χ0) is 14.4. The summed E-state index contributed by atoms with van der Waals surface area (Å²) in [4.78, 5) is 32.9. The number of carboxylic acid groups (broad SMARTS) is 1. The van der Waals surface area contributed by atoms with Gasteiger partial charge in [-0.15, -0.1) is 0 Å². The van der Waals surface area contributed by atoms with Crippen LogP contribution in [0, 0.1) is 0 Å². The van der Waals surface area contributed by atoms with E-state index in [0.717, 1.165) is 0 Å². The summed E-state index contributed by atoms with van der Waals surface area (Å²) in [6, 6.07) is 3.55. The Kier molecular flexibility index (Phi) is 4.84. The maximum absolute atomic E-state index is 11.7. The fourth-order valence-corrected chi connectivity index (χ4v) is 1.27. The number of aliphatic hydroxyl groups excluding tert-OH is 1. The van der Waals surface area contributed by atoms with Gasteiger partial charge < -0.3 is 26.6 Å². The second kappa shape index (κ2) is 6.36. The predicted octanol–water partition coefficient (Wildman–Crippen LogP) is -0.647. The molecule has 0 unspecified atom stereocenters. The number of carbonyl (C=O) groups excluding carboxylic acids is 2. The zero-order valence-corrected chi connectivity index (χ0v) is 9.79. The molecular weight excluding hydrogens is 254 g/mol. The number of amides is 3. The highest BCUT2D eigenvalue weighted by Gasteiger charge is 2.19. The van der Waals surface area contributed by atoms with E-state index in [2.05, 4.69) is 10.6 Å². The molecule has 3 amide bonds. The fourth-order valence-electron chi connectivity index (χ4n) is 1.27. The third-order valence-corrected chi connectivity index (χ3v) is 2.20. The Bertz CT molecular complexity index is 486. The smallest absolute Gasteiger partial charge is 0.328 e. The van der Waals surface area contributed by atoms with E-state index < -0.39 is 30.6 Å². The van der Waals surface area contributed by atoms with Crippen LogP contribution < -0.4 is 16.4 Å². The second-order valence-corrected chi connectivity index (χ2v) is 3.61. The topological polar surface area (TPSA) is 142 Å². The Morgan fingerprint density at radius 3 is 2.21 bits per heavy atom. The van der Waals surface area contributed by atoms with Crippen molar-refractivity contribution < 1.29 is 24.6 Å². The van der Waals surface area contributed by atoms with Crippen molar-refractivity contribution in [1.82, 2.24) is 5.32 Å². The molecule has 0 aliphatic rings. The fraction of sp³-hybridized carbons (Fsp3) is 0.182. The number of carbonyl (C=O) groups is 3. The molecule has 0 fully saturated rings. The minimum Gasteiger partial charge on any atom is -0.480 e. The van der Waals surface area contributed by atoms with E-state index in [1.807, 2.05) is 0 Å². The molecular formula is C11H13N3O5. The summed E-state index contributed by atoms with van der Waals surface area (Å²) in [5.74, 6) is -1.98. The number of anilines is 1. The average Bonchev–Trinajstić information content (AvgIpc) is 2.35. The number of aliphatic carboxylic acids is 1. The lowest BCUT2D eigenvalue weighted by atomic mass is 10.2. The van der Waals surface area contributed by atoms with Crippen molar-refractivity contribution >= 4 is 23.6 Å². The summed E-state index contributed by atoms with van der Waals surface area (Å²) < 4.78 is 0. The van der Waals surface area contributed by atoms with Crippen molar-refractivity contribution in [2.45, 2.75) is 6.04 Å². The van der Waals surface area contributed by atoms with Crippen molar-refractivity contribution in [3.05, 3.63) is 29.8 Å². The molecule has 0 radical (unpaired) electrons. The number of aliphatic hydroxyl groups is 1. The molecule has 0 bridgehead atoms. The molecule has 0 aliphatic carbocycles. The summed E-state index contributed by atoms with van der Waals surface area (Å²) in [7, 11) is 0. The Labute approximate surface area is 108 Å². The molecule has 1 aromatic rings. The number of nitrogens with one attached hydrogen (secondary N) is 2. The Morgan fingerprint density at radius 2 is 1.79 bits per heavy atom. The van der Waals surface area contributed by atoms with Gasteiger partial charge in [-0.1, -0.05) is 0 Å². The molecule has 0 aliphatic heterocycles. The van der Waals surface area contributed by atoms with E-state index in [1.54, 1.807) is 0 Å². The summed E-state index contributed by atoms with van der Waals surface area (Å²) in [5.41, 5.74) is 5.51. The summed E-state index contributed by atoms with van der Waals surface area (Å²) in [6.07, 6.45) is 0. The summed E-state index contributed by atoms with van der Waals surface area (Å²) >= 11 is 0. The molecule has 0 saturated heterocycles. The standard InChI is InChI=1S/C11H13N3O5/c12-11(19)13-7-3-1-6(2-4-7)9(16)14-8(5-15)10(17)18/h1-4,8,15H,5H2,(H,14,16)(H,17,18)(H3,12,13,19)/t8-/m0/s1. The maximum atomic E-state index is 11.7. The quantitative estimate of drug-likeness (QED) is 0.482. The third kappa shape index (κ3) is 4.28. The monoisotopic (exact) mass is 267 g/mol. The molecule has 1 aromatic carbocycles. The van der Waals surface area contributed by atoms with Crippen molar-refractivity contribution in [2.75, 3.05) is 11.9 Å². The van der Waals surface area contributed by atoms with E-state index in [0.29, 0.717) is 5.69 Å². The van der Waals surface area contributed by atoms with Crippen molar-refractivity contribution in [2.24, 2.45) is 5.73 Å².